The number of nitrogens with one attached hydrogen (secondary N) is 1. The van der Waals surface area contributed by atoms with Crippen LogP contribution >= 0.6 is 0 Å². The van der Waals surface area contributed by atoms with E-state index < -0.39 is 0 Å². The number of rotatable bonds is 0. The van der Waals surface area contributed by atoms with E-state index in [4.69, 9.17) is 0 Å². The van der Waals surface area contributed by atoms with E-state index in [1.807, 2.05) is 0 Å². The largest absolute Gasteiger partial charge is 0.356 e. The molecule has 1 rings (SSSR count). The first-order valence-corrected chi connectivity index (χ1v) is 2.16. The second kappa shape index (κ2) is 3.51. The zero-order valence-corrected chi connectivity index (χ0v) is 8.19. The van der Waals surface area contributed by atoms with E-state index in [0.717, 1.165) is 19.4 Å². The summed E-state index contributed by atoms with van der Waals surface area (Å²) in [6.07, 6.45) is 1.76. The molecule has 7 heavy (non-hydrogen) atoms. The van der Waals surface area contributed by atoms with Crippen LogP contribution in [-0.2, 0) is 4.79 Å². The van der Waals surface area contributed by atoms with E-state index in [2.05, 4.69) is 5.32 Å². The molecule has 1 aliphatic heterocycles. The summed E-state index contributed by atoms with van der Waals surface area (Å²) in [6.45, 7) is 0.888. The summed E-state index contributed by atoms with van der Waals surface area (Å²) >= 11 is 0. The summed E-state index contributed by atoms with van der Waals surface area (Å²) in [5.41, 5.74) is 0. The van der Waals surface area contributed by atoms with Crippen molar-refractivity contribution in [2.24, 2.45) is 0 Å². The van der Waals surface area contributed by atoms with E-state index in [1.54, 1.807) is 0 Å². The quantitative estimate of drug-likeness (QED) is 0.663. The first-order valence-electron chi connectivity index (χ1n) is 2.16. The number of carbonyl (C=O) groups is 1. The molecule has 0 aromatic heterocycles. The molecule has 1 heterocycles. The molecule has 1 saturated heterocycles. The summed E-state index contributed by atoms with van der Waals surface area (Å²) in [7, 11) is 0. The molecule has 1 N–H and O–H groups in total. The Balaban J connectivity index is 0.000000360. The summed E-state index contributed by atoms with van der Waals surface area (Å²) in [4.78, 5) is 10.1. The minimum atomic E-state index is 0. The fraction of sp³-hybridized carbons (Fsp3) is 0.750. The Morgan fingerprint density at radius 2 is 2.29 bits per heavy atom. The minimum absolute atomic E-state index is 0. The average Bonchev–Trinajstić information content (AvgIpc) is 1.86. The minimum Gasteiger partial charge on any atom is -0.356 e. The van der Waals surface area contributed by atoms with Gasteiger partial charge < -0.3 is 5.32 Å². The molecule has 38 valence electrons. The average molecular weight is 323 g/mol. The van der Waals surface area contributed by atoms with Crippen molar-refractivity contribution in [2.75, 3.05) is 6.54 Å². The second-order valence-electron chi connectivity index (χ2n) is 1.45. The predicted octanol–water partition coefficient (Wildman–Crippen LogP) is -0.104. The molecule has 0 spiro atoms. The maximum Gasteiger partial charge on any atom is 0.220 e. The summed E-state index contributed by atoms with van der Waals surface area (Å²) < 4.78 is 0. The van der Waals surface area contributed by atoms with Crippen LogP contribution in [0.4, 0.5) is 0 Å². The Hall–Kier alpha value is 0.522. The van der Waals surface area contributed by atoms with Crippen molar-refractivity contribution in [3.8, 4) is 0 Å². The molecule has 0 bridgehead atoms. The molecule has 0 aromatic rings. The molecule has 0 unspecified atom stereocenters. The first-order chi connectivity index (χ1) is 2.89. The molecule has 1 amide bonds. The molecule has 1 aliphatic rings. The molecular formula is C4H7NOU. The van der Waals surface area contributed by atoms with Crippen molar-refractivity contribution in [2.45, 2.75) is 12.8 Å². The summed E-state index contributed by atoms with van der Waals surface area (Å²) in [5, 5.41) is 2.68. The SMILES string of the molecule is O=C1CCCN1.[U]. The van der Waals surface area contributed by atoms with Crippen LogP contribution in [0.2, 0.25) is 0 Å². The van der Waals surface area contributed by atoms with Crippen molar-refractivity contribution < 1.29 is 35.9 Å². The third-order valence-corrected chi connectivity index (χ3v) is 0.903. The van der Waals surface area contributed by atoms with Gasteiger partial charge in [0.2, 0.25) is 5.91 Å². The van der Waals surface area contributed by atoms with E-state index in [0.29, 0.717) is 0 Å². The molecule has 0 aliphatic carbocycles. The summed E-state index contributed by atoms with van der Waals surface area (Å²) in [5.74, 6) is 0.204. The van der Waals surface area contributed by atoms with Gasteiger partial charge in [0.15, 0.2) is 0 Å². The summed E-state index contributed by atoms with van der Waals surface area (Å²) in [6, 6.07) is 0. The normalized spacial score (nSPS) is 18.0. The third-order valence-electron chi connectivity index (χ3n) is 0.903. The van der Waals surface area contributed by atoms with Gasteiger partial charge in [-0.3, -0.25) is 4.79 Å². The van der Waals surface area contributed by atoms with E-state index in [-0.39, 0.29) is 37.0 Å². The van der Waals surface area contributed by atoms with Gasteiger partial charge in [-0.15, -0.1) is 0 Å². The zero-order chi connectivity index (χ0) is 4.41. The van der Waals surface area contributed by atoms with Gasteiger partial charge in [-0.1, -0.05) is 0 Å². The van der Waals surface area contributed by atoms with E-state index in [1.165, 1.54) is 0 Å². The number of hydrogen-bond donors (Lipinski definition) is 1. The van der Waals surface area contributed by atoms with Crippen LogP contribution in [0.3, 0.4) is 0 Å². The van der Waals surface area contributed by atoms with Crippen molar-refractivity contribution >= 4 is 5.91 Å². The van der Waals surface area contributed by atoms with Crippen LogP contribution < -0.4 is 5.32 Å². The van der Waals surface area contributed by atoms with Crippen LogP contribution in [0.5, 0.6) is 0 Å². The van der Waals surface area contributed by atoms with E-state index in [9.17, 15) is 4.79 Å². The van der Waals surface area contributed by atoms with Crippen LogP contribution in [0, 0.1) is 31.1 Å². The molecular weight excluding hydrogens is 316 g/mol. The zero-order valence-electron chi connectivity index (χ0n) is 4.03. The Labute approximate surface area is 66.4 Å². The van der Waals surface area contributed by atoms with Gasteiger partial charge in [0, 0.05) is 44.1 Å². The molecule has 1 fully saturated rings. The number of amides is 1. The van der Waals surface area contributed by atoms with Crippen molar-refractivity contribution in [3.05, 3.63) is 0 Å². The first kappa shape index (κ1) is 7.52. The third kappa shape index (κ3) is 2.36. The van der Waals surface area contributed by atoms with Gasteiger partial charge >= 0.3 is 0 Å². The molecule has 0 atom stereocenters. The van der Waals surface area contributed by atoms with Gasteiger partial charge in [0.25, 0.3) is 0 Å². The maximum absolute atomic E-state index is 10.1. The Morgan fingerprint density at radius 3 is 2.43 bits per heavy atom. The fourth-order valence-corrected chi connectivity index (χ4v) is 0.565. The van der Waals surface area contributed by atoms with Crippen LogP contribution in [0.15, 0.2) is 0 Å². The van der Waals surface area contributed by atoms with Gasteiger partial charge in [0.05, 0.1) is 0 Å². The molecule has 0 aromatic carbocycles. The smallest absolute Gasteiger partial charge is 0.220 e. The maximum atomic E-state index is 10.1. The van der Waals surface area contributed by atoms with Crippen molar-refractivity contribution in [3.63, 3.8) is 0 Å². The van der Waals surface area contributed by atoms with Crippen molar-refractivity contribution in [1.29, 1.82) is 0 Å². The van der Waals surface area contributed by atoms with Gasteiger partial charge in [-0.2, -0.15) is 0 Å². The van der Waals surface area contributed by atoms with Crippen LogP contribution in [-0.4, -0.2) is 12.5 Å². The van der Waals surface area contributed by atoms with Gasteiger partial charge in [0.1, 0.15) is 0 Å². The Kier molecular flexibility index (Phi) is 3.78. The monoisotopic (exact) mass is 323 g/mol. The Morgan fingerprint density at radius 1 is 1.57 bits per heavy atom. The molecule has 2 nitrogen and oxygen atoms in total. The van der Waals surface area contributed by atoms with Gasteiger partial charge in [-0.05, 0) is 6.42 Å². The van der Waals surface area contributed by atoms with Gasteiger partial charge in [-0.25, -0.2) is 0 Å². The molecule has 3 heteroatoms. The number of carbonyl (C=O) groups excluding carboxylic acids is 1. The second-order valence-corrected chi connectivity index (χ2v) is 1.45. The predicted molar refractivity (Wildman–Crippen MR) is 22.2 cm³/mol. The van der Waals surface area contributed by atoms with E-state index >= 15 is 0 Å². The Bertz CT molecular complexity index is 66.1. The number of hydrogen-bond acceptors (Lipinski definition) is 1. The standard InChI is InChI=1S/C4H7NO.U/c6-4-2-1-3-5-4;/h1-3H2,(H,5,6);. The topological polar surface area (TPSA) is 29.1 Å². The van der Waals surface area contributed by atoms with Crippen LogP contribution in [0.1, 0.15) is 12.8 Å². The van der Waals surface area contributed by atoms with Crippen molar-refractivity contribution in [1.82, 2.24) is 5.32 Å². The van der Waals surface area contributed by atoms with Crippen LogP contribution in [0.25, 0.3) is 0 Å². The fourth-order valence-electron chi connectivity index (χ4n) is 0.565. The molecule has 0 radical (unpaired) electrons. The molecule has 0 saturated carbocycles.